The van der Waals surface area contributed by atoms with Gasteiger partial charge in [-0.2, -0.15) is 0 Å². The lowest BCUT2D eigenvalue weighted by Gasteiger charge is -2.35. The molecule has 0 spiro atoms. The number of halogens is 1. The molecule has 0 radical (unpaired) electrons. The molecule has 2 rings (SSSR count). The Labute approximate surface area is 109 Å². The Kier molecular flexibility index (Phi) is 3.40. The largest absolute Gasteiger partial charge is 0.361 e. The van der Waals surface area contributed by atoms with E-state index in [9.17, 15) is 4.79 Å². The Morgan fingerprint density at radius 2 is 2.24 bits per heavy atom. The zero-order valence-electron chi connectivity index (χ0n) is 9.96. The Morgan fingerprint density at radius 1 is 1.53 bits per heavy atom. The minimum atomic E-state index is -0.179. The molecule has 1 aromatic carbocycles. The molecule has 17 heavy (non-hydrogen) atoms. The lowest BCUT2D eigenvalue weighted by molar-refractivity contribution is -0.117. The van der Waals surface area contributed by atoms with Crippen LogP contribution in [0.15, 0.2) is 16.6 Å². The summed E-state index contributed by atoms with van der Waals surface area (Å²) in [7, 11) is 1.93. The number of nitrogens with two attached hydrogens (primary N) is 1. The summed E-state index contributed by atoms with van der Waals surface area (Å²) >= 11 is 3.48. The maximum Gasteiger partial charge on any atom is 0.247 e. The SMILES string of the molecule is Cc1cc(Br)c2c(c1)N(C)C(CCN)C(=O)N2. The zero-order valence-corrected chi connectivity index (χ0v) is 11.5. The van der Waals surface area contributed by atoms with Crippen molar-refractivity contribution in [1.29, 1.82) is 0 Å². The van der Waals surface area contributed by atoms with E-state index < -0.39 is 0 Å². The minimum Gasteiger partial charge on any atom is -0.361 e. The average Bonchev–Trinajstić information content (AvgIpc) is 2.26. The lowest BCUT2D eigenvalue weighted by Crippen LogP contribution is -2.47. The molecule has 0 aromatic heterocycles. The number of aryl methyl sites for hydroxylation is 1. The summed E-state index contributed by atoms with van der Waals surface area (Å²) in [6, 6.07) is 3.89. The van der Waals surface area contributed by atoms with Gasteiger partial charge in [0.05, 0.1) is 11.4 Å². The summed E-state index contributed by atoms with van der Waals surface area (Å²) < 4.78 is 0.916. The second-order valence-electron chi connectivity index (χ2n) is 4.33. The van der Waals surface area contributed by atoms with Crippen LogP contribution < -0.4 is 16.0 Å². The zero-order chi connectivity index (χ0) is 12.6. The van der Waals surface area contributed by atoms with E-state index in [1.807, 2.05) is 24.9 Å². The highest BCUT2D eigenvalue weighted by molar-refractivity contribution is 9.10. The number of hydrogen-bond acceptors (Lipinski definition) is 3. The van der Waals surface area contributed by atoms with Crippen LogP contribution in [0.25, 0.3) is 0 Å². The van der Waals surface area contributed by atoms with Crippen LogP contribution in [0.2, 0.25) is 0 Å². The fourth-order valence-corrected chi connectivity index (χ4v) is 2.82. The molecule has 4 nitrogen and oxygen atoms in total. The van der Waals surface area contributed by atoms with E-state index in [0.717, 1.165) is 21.4 Å². The van der Waals surface area contributed by atoms with Gasteiger partial charge in [0.1, 0.15) is 6.04 Å². The Morgan fingerprint density at radius 3 is 2.88 bits per heavy atom. The highest BCUT2D eigenvalue weighted by atomic mass is 79.9. The molecule has 1 aliphatic rings. The highest BCUT2D eigenvalue weighted by Gasteiger charge is 2.30. The van der Waals surface area contributed by atoms with Crippen LogP contribution in [0.4, 0.5) is 11.4 Å². The number of rotatable bonds is 2. The van der Waals surface area contributed by atoms with E-state index in [0.29, 0.717) is 13.0 Å². The molecule has 1 unspecified atom stereocenters. The maximum absolute atomic E-state index is 12.0. The molecule has 0 fully saturated rings. The van der Waals surface area contributed by atoms with E-state index in [-0.39, 0.29) is 11.9 Å². The van der Waals surface area contributed by atoms with E-state index in [2.05, 4.69) is 27.3 Å². The van der Waals surface area contributed by atoms with Crippen LogP contribution in [0.5, 0.6) is 0 Å². The van der Waals surface area contributed by atoms with E-state index in [1.165, 1.54) is 0 Å². The second kappa shape index (κ2) is 4.66. The molecule has 1 atom stereocenters. The molecule has 5 heteroatoms. The van der Waals surface area contributed by atoms with Gasteiger partial charge >= 0.3 is 0 Å². The molecule has 0 bridgehead atoms. The van der Waals surface area contributed by atoms with Gasteiger partial charge in [0, 0.05) is 11.5 Å². The molecule has 92 valence electrons. The lowest BCUT2D eigenvalue weighted by atomic mass is 10.0. The summed E-state index contributed by atoms with van der Waals surface area (Å²) in [5, 5.41) is 2.94. The molecule has 0 saturated heterocycles. The van der Waals surface area contributed by atoms with Crippen molar-refractivity contribution >= 4 is 33.2 Å². The van der Waals surface area contributed by atoms with Crippen molar-refractivity contribution < 1.29 is 4.79 Å². The first kappa shape index (κ1) is 12.4. The fourth-order valence-electron chi connectivity index (χ4n) is 2.16. The number of benzene rings is 1. The molecule has 1 heterocycles. The molecule has 1 amide bonds. The van der Waals surface area contributed by atoms with Gasteiger partial charge in [0.15, 0.2) is 0 Å². The van der Waals surface area contributed by atoms with Gasteiger partial charge in [-0.3, -0.25) is 4.79 Å². The number of amides is 1. The first-order valence-corrected chi connectivity index (χ1v) is 6.37. The molecule has 0 saturated carbocycles. The van der Waals surface area contributed by atoms with Gasteiger partial charge < -0.3 is 16.0 Å². The number of fused-ring (bicyclic) bond motifs is 1. The normalized spacial score (nSPS) is 18.9. The van der Waals surface area contributed by atoms with Gasteiger partial charge in [-0.1, -0.05) is 0 Å². The van der Waals surface area contributed by atoms with Gasteiger partial charge in [-0.25, -0.2) is 0 Å². The summed E-state index contributed by atoms with van der Waals surface area (Å²) in [5.74, 6) is 0.00926. The Hall–Kier alpha value is -1.07. The van der Waals surface area contributed by atoms with E-state index in [1.54, 1.807) is 0 Å². The maximum atomic E-state index is 12.0. The third kappa shape index (κ3) is 2.17. The summed E-state index contributed by atoms with van der Waals surface area (Å²) in [4.78, 5) is 14.0. The van der Waals surface area contributed by atoms with Crippen LogP contribution >= 0.6 is 15.9 Å². The van der Waals surface area contributed by atoms with Gasteiger partial charge in [-0.05, 0) is 53.5 Å². The van der Waals surface area contributed by atoms with Crippen LogP contribution in [-0.2, 0) is 4.79 Å². The predicted molar refractivity (Wildman–Crippen MR) is 73.4 cm³/mol. The Balaban J connectivity index is 2.46. The summed E-state index contributed by atoms with van der Waals surface area (Å²) in [5.41, 5.74) is 8.59. The van der Waals surface area contributed by atoms with Crippen molar-refractivity contribution in [3.05, 3.63) is 22.2 Å². The molecule has 1 aliphatic heterocycles. The first-order valence-electron chi connectivity index (χ1n) is 5.58. The third-order valence-corrected chi connectivity index (χ3v) is 3.68. The Bertz CT molecular complexity index is 461. The molecular formula is C12H16BrN3O. The van der Waals surface area contributed by atoms with E-state index >= 15 is 0 Å². The van der Waals surface area contributed by atoms with Gasteiger partial charge in [-0.15, -0.1) is 0 Å². The van der Waals surface area contributed by atoms with Crippen molar-refractivity contribution in [3.8, 4) is 0 Å². The molecule has 0 aliphatic carbocycles. The van der Waals surface area contributed by atoms with E-state index in [4.69, 9.17) is 5.73 Å². The van der Waals surface area contributed by atoms with Crippen molar-refractivity contribution in [2.75, 3.05) is 23.8 Å². The average molecular weight is 298 g/mol. The number of likely N-dealkylation sites (N-methyl/N-ethyl adjacent to an activating group) is 1. The highest BCUT2D eigenvalue weighted by Crippen LogP contribution is 2.38. The monoisotopic (exact) mass is 297 g/mol. The first-order chi connectivity index (χ1) is 8.04. The summed E-state index contributed by atoms with van der Waals surface area (Å²) in [6.07, 6.45) is 0.660. The van der Waals surface area contributed by atoms with Crippen molar-refractivity contribution in [2.45, 2.75) is 19.4 Å². The number of carbonyl (C=O) groups is 1. The number of hydrogen-bond donors (Lipinski definition) is 2. The standard InChI is InChI=1S/C12H16BrN3O/c1-7-5-8(13)11-10(6-7)16(2)9(3-4-14)12(17)15-11/h5-6,9H,3-4,14H2,1-2H3,(H,15,17). The predicted octanol–water partition coefficient (Wildman–Crippen LogP) is 1.86. The molecule has 1 aromatic rings. The van der Waals surface area contributed by atoms with Gasteiger partial charge in [0.25, 0.3) is 0 Å². The van der Waals surface area contributed by atoms with Crippen LogP contribution in [0.1, 0.15) is 12.0 Å². The number of nitrogens with one attached hydrogen (secondary N) is 1. The van der Waals surface area contributed by atoms with Crippen LogP contribution in [0, 0.1) is 6.92 Å². The minimum absolute atomic E-state index is 0.00926. The fraction of sp³-hybridized carbons (Fsp3) is 0.417. The van der Waals surface area contributed by atoms with Crippen LogP contribution in [-0.4, -0.2) is 25.5 Å². The topological polar surface area (TPSA) is 58.4 Å². The van der Waals surface area contributed by atoms with Crippen molar-refractivity contribution in [1.82, 2.24) is 0 Å². The van der Waals surface area contributed by atoms with Crippen LogP contribution in [0.3, 0.4) is 0 Å². The van der Waals surface area contributed by atoms with Gasteiger partial charge in [0.2, 0.25) is 5.91 Å². The molecule has 3 N–H and O–H groups in total. The quantitative estimate of drug-likeness (QED) is 0.876. The third-order valence-electron chi connectivity index (χ3n) is 3.05. The summed E-state index contributed by atoms with van der Waals surface area (Å²) in [6.45, 7) is 2.54. The second-order valence-corrected chi connectivity index (χ2v) is 5.19. The number of carbonyl (C=O) groups excluding carboxylic acids is 1. The number of nitrogens with zero attached hydrogens (tertiary/aromatic N) is 1. The smallest absolute Gasteiger partial charge is 0.247 e. The van der Waals surface area contributed by atoms with Crippen molar-refractivity contribution in [3.63, 3.8) is 0 Å². The number of anilines is 2. The molecular weight excluding hydrogens is 282 g/mol. The van der Waals surface area contributed by atoms with Crippen molar-refractivity contribution in [2.24, 2.45) is 5.73 Å².